The minimum atomic E-state index is -0.444. The van der Waals surface area contributed by atoms with Gasteiger partial charge in [-0.15, -0.1) is 11.8 Å². The average Bonchev–Trinajstić information content (AvgIpc) is 2.58. The van der Waals surface area contributed by atoms with Gasteiger partial charge in [0.2, 0.25) is 11.8 Å². The number of anilines is 1. The van der Waals surface area contributed by atoms with Gasteiger partial charge in [-0.2, -0.15) is 0 Å². The summed E-state index contributed by atoms with van der Waals surface area (Å²) in [6.07, 6.45) is 2.18. The summed E-state index contributed by atoms with van der Waals surface area (Å²) < 4.78 is 0. The highest BCUT2D eigenvalue weighted by Crippen LogP contribution is 2.26. The van der Waals surface area contributed by atoms with Gasteiger partial charge in [-0.1, -0.05) is 12.1 Å². The predicted octanol–water partition coefficient (Wildman–Crippen LogP) is 1.24. The van der Waals surface area contributed by atoms with Gasteiger partial charge in [0, 0.05) is 10.6 Å². The van der Waals surface area contributed by atoms with Gasteiger partial charge in [0.1, 0.15) is 6.04 Å². The molecule has 0 spiro atoms. The lowest BCUT2D eigenvalue weighted by Gasteiger charge is -2.13. The van der Waals surface area contributed by atoms with E-state index in [1.807, 2.05) is 30.5 Å². The Morgan fingerprint density at radius 2 is 2.12 bits per heavy atom. The van der Waals surface area contributed by atoms with Crippen LogP contribution in [0.1, 0.15) is 6.42 Å². The quantitative estimate of drug-likeness (QED) is 0.612. The molecule has 1 aromatic rings. The first kappa shape index (κ1) is 11.0. The number of para-hydroxylation sites is 1. The Morgan fingerprint density at radius 3 is 2.75 bits per heavy atom. The lowest BCUT2D eigenvalue weighted by atomic mass is 10.2. The summed E-state index contributed by atoms with van der Waals surface area (Å²) in [5.41, 5.74) is 0.893. The molecule has 84 valence electrons. The van der Waals surface area contributed by atoms with Gasteiger partial charge in [0.25, 0.3) is 0 Å². The molecule has 1 unspecified atom stereocenters. The topological polar surface area (TPSA) is 58.2 Å². The molecule has 0 aliphatic carbocycles. The number of carbonyl (C=O) groups is 2. The molecule has 2 amide bonds. The number of amides is 2. The van der Waals surface area contributed by atoms with E-state index < -0.39 is 6.04 Å². The third-order valence-electron chi connectivity index (χ3n) is 2.41. The number of rotatable bonds is 3. The Balaban J connectivity index is 2.14. The molecule has 1 heterocycles. The monoisotopic (exact) mass is 236 g/mol. The van der Waals surface area contributed by atoms with Crippen molar-refractivity contribution in [1.29, 1.82) is 0 Å². The summed E-state index contributed by atoms with van der Waals surface area (Å²) in [4.78, 5) is 23.5. The van der Waals surface area contributed by atoms with Crippen molar-refractivity contribution in [3.05, 3.63) is 24.3 Å². The van der Waals surface area contributed by atoms with Crippen molar-refractivity contribution in [3.8, 4) is 0 Å². The molecule has 1 aliphatic rings. The molecule has 0 aromatic heterocycles. The Kier molecular flexibility index (Phi) is 3.14. The number of hydrogen-bond donors (Lipinski definition) is 2. The Hall–Kier alpha value is -1.49. The SMILES string of the molecule is CSc1ccccc1NC1CC(=O)NC1=O. The van der Waals surface area contributed by atoms with Crippen molar-refractivity contribution in [2.45, 2.75) is 17.4 Å². The van der Waals surface area contributed by atoms with Crippen molar-refractivity contribution >= 4 is 29.3 Å². The fraction of sp³-hybridized carbons (Fsp3) is 0.273. The Bertz CT molecular complexity index is 434. The van der Waals surface area contributed by atoms with E-state index in [1.54, 1.807) is 11.8 Å². The lowest BCUT2D eigenvalue weighted by Crippen LogP contribution is -2.30. The van der Waals surface area contributed by atoms with E-state index in [9.17, 15) is 9.59 Å². The van der Waals surface area contributed by atoms with Crippen LogP contribution in [0.5, 0.6) is 0 Å². The van der Waals surface area contributed by atoms with Crippen LogP contribution in [0.25, 0.3) is 0 Å². The smallest absolute Gasteiger partial charge is 0.249 e. The molecular weight excluding hydrogens is 224 g/mol. The van der Waals surface area contributed by atoms with Crippen LogP contribution >= 0.6 is 11.8 Å². The minimum absolute atomic E-state index is 0.210. The molecule has 2 N–H and O–H groups in total. The van der Waals surface area contributed by atoms with Gasteiger partial charge < -0.3 is 5.32 Å². The van der Waals surface area contributed by atoms with E-state index in [0.29, 0.717) is 0 Å². The number of hydrogen-bond acceptors (Lipinski definition) is 4. The minimum Gasteiger partial charge on any atom is -0.372 e. The standard InChI is InChI=1S/C11H12N2O2S/c1-16-9-5-3-2-4-7(9)12-8-6-10(14)13-11(8)15/h2-5,8,12H,6H2,1H3,(H,13,14,15). The van der Waals surface area contributed by atoms with Gasteiger partial charge in [-0.25, -0.2) is 0 Å². The maximum Gasteiger partial charge on any atom is 0.249 e. The molecule has 4 nitrogen and oxygen atoms in total. The van der Waals surface area contributed by atoms with E-state index in [2.05, 4.69) is 10.6 Å². The third kappa shape index (κ3) is 2.19. The first-order chi connectivity index (χ1) is 7.70. The summed E-state index contributed by atoms with van der Waals surface area (Å²) in [5.74, 6) is -0.468. The molecule has 1 atom stereocenters. The molecule has 1 fully saturated rings. The zero-order valence-electron chi connectivity index (χ0n) is 8.82. The van der Waals surface area contributed by atoms with Crippen LogP contribution in [-0.4, -0.2) is 24.1 Å². The second-order valence-electron chi connectivity index (χ2n) is 3.51. The van der Waals surface area contributed by atoms with Gasteiger partial charge in [-0.05, 0) is 18.4 Å². The summed E-state index contributed by atoms with van der Waals surface area (Å²) in [6, 6.07) is 7.28. The fourth-order valence-electron chi connectivity index (χ4n) is 1.62. The largest absolute Gasteiger partial charge is 0.372 e. The van der Waals surface area contributed by atoms with E-state index in [-0.39, 0.29) is 18.2 Å². The highest BCUT2D eigenvalue weighted by atomic mass is 32.2. The highest BCUT2D eigenvalue weighted by molar-refractivity contribution is 7.98. The number of benzene rings is 1. The molecule has 0 bridgehead atoms. The van der Waals surface area contributed by atoms with Gasteiger partial charge in [0.15, 0.2) is 0 Å². The van der Waals surface area contributed by atoms with Crippen molar-refractivity contribution < 1.29 is 9.59 Å². The zero-order chi connectivity index (χ0) is 11.5. The lowest BCUT2D eigenvalue weighted by molar-refractivity contribution is -0.124. The Labute approximate surface area is 97.8 Å². The van der Waals surface area contributed by atoms with Crippen LogP contribution in [0.4, 0.5) is 5.69 Å². The highest BCUT2D eigenvalue weighted by Gasteiger charge is 2.30. The van der Waals surface area contributed by atoms with Gasteiger partial charge >= 0.3 is 0 Å². The molecule has 1 saturated heterocycles. The molecule has 0 saturated carbocycles. The summed E-state index contributed by atoms with van der Waals surface area (Å²) in [6.45, 7) is 0. The molecule has 5 heteroatoms. The average molecular weight is 236 g/mol. The summed E-state index contributed by atoms with van der Waals surface area (Å²) >= 11 is 1.60. The van der Waals surface area contributed by atoms with Crippen molar-refractivity contribution in [2.75, 3.05) is 11.6 Å². The van der Waals surface area contributed by atoms with Crippen LogP contribution < -0.4 is 10.6 Å². The third-order valence-corrected chi connectivity index (χ3v) is 3.20. The second-order valence-corrected chi connectivity index (χ2v) is 4.36. The molecule has 1 aliphatic heterocycles. The number of imide groups is 1. The van der Waals surface area contributed by atoms with Crippen LogP contribution in [0.15, 0.2) is 29.2 Å². The van der Waals surface area contributed by atoms with Crippen LogP contribution in [0, 0.1) is 0 Å². The molecule has 2 rings (SSSR count). The van der Waals surface area contributed by atoms with Crippen LogP contribution in [-0.2, 0) is 9.59 Å². The van der Waals surface area contributed by atoms with E-state index in [1.165, 1.54) is 0 Å². The van der Waals surface area contributed by atoms with Crippen LogP contribution in [0.3, 0.4) is 0 Å². The van der Waals surface area contributed by atoms with Gasteiger partial charge in [-0.3, -0.25) is 14.9 Å². The van der Waals surface area contributed by atoms with Crippen LogP contribution in [0.2, 0.25) is 0 Å². The molecule has 1 aromatic carbocycles. The van der Waals surface area contributed by atoms with Crippen molar-refractivity contribution in [3.63, 3.8) is 0 Å². The first-order valence-corrected chi connectivity index (χ1v) is 6.16. The van der Waals surface area contributed by atoms with Gasteiger partial charge in [0.05, 0.1) is 6.42 Å². The first-order valence-electron chi connectivity index (χ1n) is 4.94. The molecule has 0 radical (unpaired) electrons. The summed E-state index contributed by atoms with van der Waals surface area (Å²) in [7, 11) is 0. The van der Waals surface area contributed by atoms with Crippen molar-refractivity contribution in [2.24, 2.45) is 0 Å². The maximum atomic E-state index is 11.4. The number of nitrogens with one attached hydrogen (secondary N) is 2. The number of carbonyl (C=O) groups excluding carboxylic acids is 2. The van der Waals surface area contributed by atoms with E-state index in [4.69, 9.17) is 0 Å². The fourth-order valence-corrected chi connectivity index (χ4v) is 2.18. The molecular formula is C11H12N2O2S. The van der Waals surface area contributed by atoms with E-state index >= 15 is 0 Å². The number of thioether (sulfide) groups is 1. The van der Waals surface area contributed by atoms with Crippen molar-refractivity contribution in [1.82, 2.24) is 5.32 Å². The molecule has 16 heavy (non-hydrogen) atoms. The van der Waals surface area contributed by atoms with E-state index in [0.717, 1.165) is 10.6 Å². The normalized spacial score (nSPS) is 19.7. The predicted molar refractivity (Wildman–Crippen MR) is 63.4 cm³/mol. The second kappa shape index (κ2) is 4.57. The summed E-state index contributed by atoms with van der Waals surface area (Å²) in [5, 5.41) is 5.36. The zero-order valence-corrected chi connectivity index (χ0v) is 9.64. The maximum absolute atomic E-state index is 11.4. The Morgan fingerprint density at radius 1 is 1.38 bits per heavy atom.